The van der Waals surface area contributed by atoms with Crippen LogP contribution >= 0.6 is 41.7 Å². The first-order valence-corrected chi connectivity index (χ1v) is 15.2. The molecule has 4 heterocycles. The summed E-state index contributed by atoms with van der Waals surface area (Å²) in [5, 5.41) is 10.1. The number of aliphatic imine (C=N–C) groups is 1. The number of hydrogen-bond donors (Lipinski definition) is 3. The normalized spacial score (nSPS) is 26.5. The second-order valence-electron chi connectivity index (χ2n) is 8.88. The molecule has 2 saturated heterocycles. The molecule has 34 heavy (non-hydrogen) atoms. The van der Waals surface area contributed by atoms with E-state index in [0.717, 1.165) is 54.9 Å². The molecule has 10 nitrogen and oxygen atoms in total. The number of morpholine rings is 1. The summed E-state index contributed by atoms with van der Waals surface area (Å²) in [7, 11) is 1.57. The van der Waals surface area contributed by atoms with E-state index in [2.05, 4.69) is 69.3 Å². The van der Waals surface area contributed by atoms with Crippen LogP contribution in [0, 0.1) is 0 Å². The van der Waals surface area contributed by atoms with Gasteiger partial charge in [0.1, 0.15) is 5.03 Å². The lowest BCUT2D eigenvalue weighted by Crippen LogP contribution is -2.58. The Hall–Kier alpha value is -1.16. The zero-order valence-electron chi connectivity index (χ0n) is 18.7. The smallest absolute Gasteiger partial charge is 0.211 e. The first kappa shape index (κ1) is 24.5. The first-order valence-electron chi connectivity index (χ1n) is 11.5. The minimum atomic E-state index is -0.376. The van der Waals surface area contributed by atoms with Gasteiger partial charge in [-0.1, -0.05) is 28.9 Å². The topological polar surface area (TPSA) is 109 Å². The van der Waals surface area contributed by atoms with E-state index < -0.39 is 0 Å². The number of ether oxygens (including phenoxy) is 1. The lowest BCUT2D eigenvalue weighted by molar-refractivity contribution is -0.0912. The van der Waals surface area contributed by atoms with Crippen molar-refractivity contribution in [3.63, 3.8) is 0 Å². The monoisotopic (exact) mass is 617 g/mol. The largest absolute Gasteiger partial charge is 0.373 e. The molecule has 2 fully saturated rings. The van der Waals surface area contributed by atoms with Crippen molar-refractivity contribution < 1.29 is 4.74 Å². The lowest BCUT2D eigenvalue weighted by Gasteiger charge is -2.47. The molecule has 5 rings (SSSR count). The molecule has 0 saturated carbocycles. The molecule has 3 atom stereocenters. The Morgan fingerprint density at radius 3 is 2.71 bits per heavy atom. The molecule has 3 aliphatic heterocycles. The predicted molar refractivity (Wildman–Crippen MR) is 142 cm³/mol. The van der Waals surface area contributed by atoms with Crippen molar-refractivity contribution in [2.24, 2.45) is 10.7 Å². The number of guanidine groups is 1. The molecular formula is C21H29ClIN9OS. The maximum absolute atomic E-state index is 6.34. The number of halogens is 2. The molecule has 0 bridgehead atoms. The second-order valence-corrected chi connectivity index (χ2v) is 11.2. The van der Waals surface area contributed by atoms with Gasteiger partial charge in [-0.25, -0.2) is 9.67 Å². The quantitative estimate of drug-likeness (QED) is 0.419. The van der Waals surface area contributed by atoms with Crippen molar-refractivity contribution in [3.05, 3.63) is 41.0 Å². The molecule has 3 aliphatic rings. The fraction of sp³-hybridized carbons (Fsp3) is 0.571. The van der Waals surface area contributed by atoms with Gasteiger partial charge in [-0.15, -0.1) is 5.10 Å². The standard InChI is InChI=1S/C21H29ClIN9OS/c22-15-3-1-14(2-4-15)9-17-13-33-18(10-31-12-19(34-23)26-29-31)11-32(17)16-5-7-30(8-6-16)21-25-20(24)27-28-21/h1-4,12,16-18,20,27H,5-11,13,24H2,(H,25,28). The molecule has 3 unspecified atom stereocenters. The van der Waals surface area contributed by atoms with Crippen LogP contribution in [0.5, 0.6) is 0 Å². The first-order chi connectivity index (χ1) is 16.6. The maximum Gasteiger partial charge on any atom is 0.211 e. The Bertz CT molecular complexity index is 985. The summed E-state index contributed by atoms with van der Waals surface area (Å²) in [5.41, 5.74) is 13.2. The molecule has 4 N–H and O–H groups in total. The van der Waals surface area contributed by atoms with Gasteiger partial charge in [-0.3, -0.25) is 16.1 Å². The summed E-state index contributed by atoms with van der Waals surface area (Å²) in [6, 6.07) is 8.98. The molecule has 2 aromatic rings. The van der Waals surface area contributed by atoms with Crippen LogP contribution in [0.25, 0.3) is 0 Å². The van der Waals surface area contributed by atoms with E-state index in [0.29, 0.717) is 25.2 Å². The summed E-state index contributed by atoms with van der Waals surface area (Å²) in [6.45, 7) is 4.17. The van der Waals surface area contributed by atoms with Crippen LogP contribution in [0.4, 0.5) is 0 Å². The summed E-state index contributed by atoms with van der Waals surface area (Å²) >= 11 is 8.33. The summed E-state index contributed by atoms with van der Waals surface area (Å²) in [5.74, 6) is 0.846. The van der Waals surface area contributed by atoms with E-state index in [1.54, 1.807) is 8.93 Å². The lowest BCUT2D eigenvalue weighted by atomic mass is 9.96. The SMILES string of the molecule is NC1N=C(N2CCC(N3CC(Cn4cc(SI)nn4)OCC3Cc3ccc(Cl)cc3)CC2)NN1. The fourth-order valence-corrected chi connectivity index (χ4v) is 5.89. The average molecular weight is 618 g/mol. The van der Waals surface area contributed by atoms with Crippen molar-refractivity contribution in [3.8, 4) is 0 Å². The van der Waals surface area contributed by atoms with Crippen LogP contribution in [0.3, 0.4) is 0 Å². The number of piperidine rings is 1. The summed E-state index contributed by atoms with van der Waals surface area (Å²) in [4.78, 5) is 9.38. The van der Waals surface area contributed by atoms with E-state index in [-0.39, 0.29) is 12.4 Å². The van der Waals surface area contributed by atoms with E-state index in [9.17, 15) is 0 Å². The third-order valence-corrected chi connectivity index (χ3v) is 8.56. The maximum atomic E-state index is 6.34. The van der Waals surface area contributed by atoms with Crippen molar-refractivity contribution >= 4 is 47.7 Å². The Morgan fingerprint density at radius 2 is 2.03 bits per heavy atom. The number of likely N-dealkylation sites (tertiary alicyclic amines) is 1. The van der Waals surface area contributed by atoms with Gasteiger partial charge in [0.15, 0.2) is 6.29 Å². The fourth-order valence-electron chi connectivity index (χ4n) is 4.92. The van der Waals surface area contributed by atoms with Crippen LogP contribution in [0.15, 0.2) is 40.5 Å². The van der Waals surface area contributed by atoms with E-state index in [1.165, 1.54) is 5.56 Å². The minimum absolute atomic E-state index is 0.0799. The van der Waals surface area contributed by atoms with Gasteiger partial charge in [0.25, 0.3) is 0 Å². The van der Waals surface area contributed by atoms with Crippen LogP contribution < -0.4 is 16.6 Å². The number of hydrogen-bond acceptors (Lipinski definition) is 10. The van der Waals surface area contributed by atoms with Gasteiger partial charge in [0.05, 0.1) is 25.5 Å². The van der Waals surface area contributed by atoms with Crippen LogP contribution in [0.1, 0.15) is 18.4 Å². The highest BCUT2D eigenvalue weighted by atomic mass is 127. The number of nitrogens with two attached hydrogens (primary N) is 1. The highest BCUT2D eigenvalue weighted by molar-refractivity contribution is 14.2. The van der Waals surface area contributed by atoms with Crippen LogP contribution in [-0.4, -0.2) is 81.5 Å². The van der Waals surface area contributed by atoms with Crippen LogP contribution in [-0.2, 0) is 17.7 Å². The Labute approximate surface area is 220 Å². The predicted octanol–water partition coefficient (Wildman–Crippen LogP) is 1.86. The minimum Gasteiger partial charge on any atom is -0.373 e. The van der Waals surface area contributed by atoms with E-state index in [1.807, 2.05) is 23.0 Å². The van der Waals surface area contributed by atoms with Crippen molar-refractivity contribution in [2.45, 2.75) is 55.3 Å². The molecule has 0 radical (unpaired) electrons. The molecule has 1 aromatic heterocycles. The molecule has 184 valence electrons. The van der Waals surface area contributed by atoms with E-state index in [4.69, 9.17) is 22.1 Å². The van der Waals surface area contributed by atoms with Gasteiger partial charge in [0.2, 0.25) is 5.96 Å². The molecule has 0 amide bonds. The van der Waals surface area contributed by atoms with E-state index >= 15 is 0 Å². The molecule has 0 spiro atoms. The van der Waals surface area contributed by atoms with Crippen molar-refractivity contribution in [2.75, 3.05) is 26.2 Å². The Morgan fingerprint density at radius 1 is 1.24 bits per heavy atom. The number of nitrogens with zero attached hydrogens (tertiary/aromatic N) is 6. The zero-order valence-corrected chi connectivity index (χ0v) is 22.4. The second kappa shape index (κ2) is 11.3. The van der Waals surface area contributed by atoms with Gasteiger partial charge in [-0.2, -0.15) is 5.43 Å². The number of hydrazine groups is 1. The zero-order chi connectivity index (χ0) is 23.5. The molecule has 1 aromatic carbocycles. The Kier molecular flexibility index (Phi) is 8.13. The highest BCUT2D eigenvalue weighted by Gasteiger charge is 2.36. The third-order valence-electron chi connectivity index (χ3n) is 6.61. The number of rotatable bonds is 6. The molecule has 0 aliphatic carbocycles. The third kappa shape index (κ3) is 5.97. The summed E-state index contributed by atoms with van der Waals surface area (Å²) < 4.78 is 8.24. The van der Waals surface area contributed by atoms with Crippen LogP contribution in [0.2, 0.25) is 5.02 Å². The van der Waals surface area contributed by atoms with Crippen molar-refractivity contribution in [1.82, 2.24) is 35.6 Å². The van der Waals surface area contributed by atoms with Gasteiger partial charge in [0, 0.05) is 57.9 Å². The number of nitrogens with one attached hydrogen (secondary N) is 2. The van der Waals surface area contributed by atoms with Gasteiger partial charge in [-0.05, 0) is 45.9 Å². The highest BCUT2D eigenvalue weighted by Crippen LogP contribution is 2.27. The number of aromatic nitrogens is 3. The Balaban J connectivity index is 1.26. The number of benzene rings is 1. The molecular weight excluding hydrogens is 589 g/mol. The molecule has 13 heteroatoms. The summed E-state index contributed by atoms with van der Waals surface area (Å²) in [6.07, 6.45) is 4.76. The van der Waals surface area contributed by atoms with Crippen molar-refractivity contribution in [1.29, 1.82) is 0 Å². The van der Waals surface area contributed by atoms with Gasteiger partial charge < -0.3 is 9.64 Å². The average Bonchev–Trinajstić information content (AvgIpc) is 3.50. The van der Waals surface area contributed by atoms with Gasteiger partial charge >= 0.3 is 0 Å².